The van der Waals surface area contributed by atoms with Crippen LogP contribution in [0.5, 0.6) is 0 Å². The van der Waals surface area contributed by atoms with Gasteiger partial charge in [-0.05, 0) is 43.3 Å². The first kappa shape index (κ1) is 25.5. The lowest BCUT2D eigenvalue weighted by Gasteiger charge is -2.20. The highest BCUT2D eigenvalue weighted by Gasteiger charge is 2.22. The molecule has 3 aromatic carbocycles. The van der Waals surface area contributed by atoms with E-state index in [0.29, 0.717) is 17.2 Å². The third-order valence-corrected chi connectivity index (χ3v) is 5.83. The van der Waals surface area contributed by atoms with Gasteiger partial charge in [0.15, 0.2) is 0 Å². The van der Waals surface area contributed by atoms with E-state index in [1.807, 2.05) is 30.3 Å². The first-order valence-electron chi connectivity index (χ1n) is 11.2. The SMILES string of the molecule is CCN(CC(=O)Nc1cc(-c2ccccc2)nn1-c1ccc(F)cc1)C(=O)c1ccc(Cl)c([N+](=O)[O-])c1. The fourth-order valence-corrected chi connectivity index (χ4v) is 3.84. The van der Waals surface area contributed by atoms with Crippen molar-refractivity contribution in [1.29, 1.82) is 0 Å². The molecule has 0 aliphatic heterocycles. The fraction of sp³-hybridized carbons (Fsp3) is 0.115. The Morgan fingerprint density at radius 3 is 2.43 bits per heavy atom. The van der Waals surface area contributed by atoms with Crippen LogP contribution in [0.15, 0.2) is 78.9 Å². The summed E-state index contributed by atoms with van der Waals surface area (Å²) in [5.74, 6) is -1.17. The number of halogens is 2. The lowest BCUT2D eigenvalue weighted by Crippen LogP contribution is -2.38. The first-order chi connectivity index (χ1) is 17.8. The summed E-state index contributed by atoms with van der Waals surface area (Å²) < 4.78 is 15.0. The molecule has 0 unspecified atom stereocenters. The van der Waals surface area contributed by atoms with Crippen molar-refractivity contribution in [3.05, 3.63) is 105 Å². The molecule has 11 heteroatoms. The topological polar surface area (TPSA) is 110 Å². The average molecular weight is 522 g/mol. The maximum atomic E-state index is 13.5. The summed E-state index contributed by atoms with van der Waals surface area (Å²) in [5, 5.41) is 18.4. The Hall–Kier alpha value is -4.57. The van der Waals surface area contributed by atoms with Crippen LogP contribution in [0.4, 0.5) is 15.9 Å². The van der Waals surface area contributed by atoms with Gasteiger partial charge in [0.25, 0.3) is 11.6 Å². The zero-order chi connectivity index (χ0) is 26.5. The third-order valence-electron chi connectivity index (χ3n) is 5.51. The van der Waals surface area contributed by atoms with E-state index in [1.165, 1.54) is 46.0 Å². The van der Waals surface area contributed by atoms with Crippen molar-refractivity contribution >= 4 is 34.9 Å². The smallest absolute Gasteiger partial charge is 0.288 e. The molecule has 0 bridgehead atoms. The molecule has 1 aromatic heterocycles. The highest BCUT2D eigenvalue weighted by Crippen LogP contribution is 2.27. The van der Waals surface area contributed by atoms with Crippen molar-refractivity contribution in [2.75, 3.05) is 18.4 Å². The standard InChI is InChI=1S/C26H21ClFN5O4/c1-2-31(26(35)18-8-13-21(27)23(14-18)33(36)37)16-25(34)29-24-15-22(17-6-4-3-5-7-17)30-32(24)20-11-9-19(28)10-12-20/h3-15H,2,16H2,1H3,(H,29,34). The van der Waals surface area contributed by atoms with Gasteiger partial charge in [-0.25, -0.2) is 9.07 Å². The van der Waals surface area contributed by atoms with Crippen LogP contribution in [0.2, 0.25) is 5.02 Å². The molecule has 4 rings (SSSR count). The number of aromatic nitrogens is 2. The van der Waals surface area contributed by atoms with Gasteiger partial charge < -0.3 is 10.2 Å². The van der Waals surface area contributed by atoms with Gasteiger partial charge in [0.05, 0.1) is 16.3 Å². The number of rotatable bonds is 8. The maximum Gasteiger partial charge on any atom is 0.288 e. The van der Waals surface area contributed by atoms with E-state index in [9.17, 15) is 24.1 Å². The molecule has 0 aliphatic carbocycles. The number of anilines is 1. The van der Waals surface area contributed by atoms with Crippen LogP contribution in [-0.4, -0.2) is 44.5 Å². The molecule has 4 aromatic rings. The molecule has 2 amide bonds. The van der Waals surface area contributed by atoms with Gasteiger partial charge in [0.2, 0.25) is 5.91 Å². The molecule has 188 valence electrons. The van der Waals surface area contributed by atoms with Gasteiger partial charge in [-0.2, -0.15) is 5.10 Å². The quantitative estimate of drug-likeness (QED) is 0.248. The predicted octanol–water partition coefficient (Wildman–Crippen LogP) is 5.34. The zero-order valence-electron chi connectivity index (χ0n) is 19.6. The summed E-state index contributed by atoms with van der Waals surface area (Å²) in [6.07, 6.45) is 0. The van der Waals surface area contributed by atoms with E-state index in [0.717, 1.165) is 11.6 Å². The summed E-state index contributed by atoms with van der Waals surface area (Å²) in [7, 11) is 0. The van der Waals surface area contributed by atoms with E-state index in [2.05, 4.69) is 10.4 Å². The number of amides is 2. The van der Waals surface area contributed by atoms with Crippen LogP contribution in [0.1, 0.15) is 17.3 Å². The predicted molar refractivity (Wildman–Crippen MR) is 137 cm³/mol. The van der Waals surface area contributed by atoms with Crippen molar-refractivity contribution in [1.82, 2.24) is 14.7 Å². The molecule has 0 fully saturated rings. The summed E-state index contributed by atoms with van der Waals surface area (Å²) in [5.41, 5.74) is 1.56. The molecular formula is C26H21ClFN5O4. The van der Waals surface area contributed by atoms with Gasteiger partial charge in [-0.1, -0.05) is 41.9 Å². The Kier molecular flexibility index (Phi) is 7.59. The zero-order valence-corrected chi connectivity index (χ0v) is 20.4. The lowest BCUT2D eigenvalue weighted by atomic mass is 10.1. The van der Waals surface area contributed by atoms with Gasteiger partial charge in [0, 0.05) is 29.8 Å². The van der Waals surface area contributed by atoms with Crippen molar-refractivity contribution in [2.24, 2.45) is 0 Å². The number of nitrogens with zero attached hydrogens (tertiary/aromatic N) is 4. The average Bonchev–Trinajstić information content (AvgIpc) is 3.31. The molecule has 1 heterocycles. The number of hydrogen-bond donors (Lipinski definition) is 1. The van der Waals surface area contributed by atoms with Crippen LogP contribution in [-0.2, 0) is 4.79 Å². The minimum absolute atomic E-state index is 0.0356. The summed E-state index contributed by atoms with van der Waals surface area (Å²) in [6.45, 7) is 1.54. The summed E-state index contributed by atoms with van der Waals surface area (Å²) >= 11 is 5.84. The number of carbonyl (C=O) groups is 2. The molecule has 0 radical (unpaired) electrons. The third kappa shape index (κ3) is 5.81. The second-order valence-corrected chi connectivity index (χ2v) is 8.37. The number of nitrogens with one attached hydrogen (secondary N) is 1. The molecule has 1 N–H and O–H groups in total. The second kappa shape index (κ2) is 11.0. The Balaban J connectivity index is 1.58. The number of carbonyl (C=O) groups excluding carboxylic acids is 2. The van der Waals surface area contributed by atoms with E-state index in [1.54, 1.807) is 13.0 Å². The number of benzene rings is 3. The van der Waals surface area contributed by atoms with Crippen LogP contribution < -0.4 is 5.32 Å². The molecular weight excluding hydrogens is 501 g/mol. The number of hydrogen-bond acceptors (Lipinski definition) is 5. The minimum atomic E-state index is -0.678. The molecule has 0 atom stereocenters. The molecule has 0 aliphatic rings. The van der Waals surface area contributed by atoms with Crippen LogP contribution in [0.3, 0.4) is 0 Å². The summed E-state index contributed by atoms with van der Waals surface area (Å²) in [6, 6.07) is 20.4. The van der Waals surface area contributed by atoms with Gasteiger partial charge in [-0.3, -0.25) is 19.7 Å². The van der Waals surface area contributed by atoms with E-state index >= 15 is 0 Å². The molecule has 0 saturated carbocycles. The highest BCUT2D eigenvalue weighted by atomic mass is 35.5. The second-order valence-electron chi connectivity index (χ2n) is 7.96. The van der Waals surface area contributed by atoms with Crippen LogP contribution >= 0.6 is 11.6 Å². The minimum Gasteiger partial charge on any atom is -0.330 e. The first-order valence-corrected chi connectivity index (χ1v) is 11.6. The number of nitro benzene ring substituents is 1. The Bertz CT molecular complexity index is 1460. The van der Waals surface area contributed by atoms with Crippen LogP contribution in [0, 0.1) is 15.9 Å². The monoisotopic (exact) mass is 521 g/mol. The van der Waals surface area contributed by atoms with Crippen molar-refractivity contribution in [3.8, 4) is 16.9 Å². The fourth-order valence-electron chi connectivity index (χ4n) is 3.65. The summed E-state index contributed by atoms with van der Waals surface area (Å²) in [4.78, 5) is 37.7. The van der Waals surface area contributed by atoms with E-state index < -0.39 is 28.2 Å². The van der Waals surface area contributed by atoms with E-state index in [4.69, 9.17) is 11.6 Å². The van der Waals surface area contributed by atoms with Crippen molar-refractivity contribution in [3.63, 3.8) is 0 Å². The lowest BCUT2D eigenvalue weighted by molar-refractivity contribution is -0.384. The van der Waals surface area contributed by atoms with Crippen molar-refractivity contribution < 1.29 is 18.9 Å². The molecule has 37 heavy (non-hydrogen) atoms. The van der Waals surface area contributed by atoms with E-state index in [-0.39, 0.29) is 23.7 Å². The number of nitro groups is 1. The molecule has 9 nitrogen and oxygen atoms in total. The highest BCUT2D eigenvalue weighted by molar-refractivity contribution is 6.32. The van der Waals surface area contributed by atoms with Crippen LogP contribution in [0.25, 0.3) is 16.9 Å². The van der Waals surface area contributed by atoms with Gasteiger partial charge >= 0.3 is 0 Å². The Morgan fingerprint density at radius 2 is 1.78 bits per heavy atom. The Labute approximate surface area is 216 Å². The molecule has 0 spiro atoms. The Morgan fingerprint density at radius 1 is 1.08 bits per heavy atom. The normalized spacial score (nSPS) is 10.7. The van der Waals surface area contributed by atoms with Gasteiger partial charge in [0.1, 0.15) is 23.2 Å². The van der Waals surface area contributed by atoms with Crippen molar-refractivity contribution in [2.45, 2.75) is 6.92 Å². The molecule has 0 saturated heterocycles. The maximum absolute atomic E-state index is 13.5. The largest absolute Gasteiger partial charge is 0.330 e. The van der Waals surface area contributed by atoms with Gasteiger partial charge in [-0.15, -0.1) is 0 Å². The number of likely N-dealkylation sites (N-methyl/N-ethyl adjacent to an activating group) is 1.